The average molecular weight is 343 g/mol. The molecule has 0 heterocycles. The number of aliphatic hydroxyl groups is 3. The minimum absolute atomic E-state index is 0.103. The first-order valence-corrected chi connectivity index (χ1v) is 9.31. The lowest BCUT2D eigenvalue weighted by Gasteiger charge is -2.15. The van der Waals surface area contributed by atoms with Gasteiger partial charge in [-0.2, -0.15) is 0 Å². The molecule has 4 nitrogen and oxygen atoms in total. The van der Waals surface area contributed by atoms with Crippen molar-refractivity contribution in [1.82, 2.24) is 0 Å². The molecule has 0 radical (unpaired) electrons. The highest BCUT2D eigenvalue weighted by Crippen LogP contribution is 2.01. The molecule has 0 aliphatic rings. The fraction of sp³-hybridized carbons (Fsp3) is 0.867. The van der Waals surface area contributed by atoms with Crippen LogP contribution in [0.3, 0.4) is 0 Å². The van der Waals surface area contributed by atoms with Crippen LogP contribution >= 0.6 is 0 Å². The fourth-order valence-corrected chi connectivity index (χ4v) is 0. The predicted octanol–water partition coefficient (Wildman–Crippen LogP) is 0.738. The summed E-state index contributed by atoms with van der Waals surface area (Å²) in [5, 5.41) is 24.2. The molecule has 134 valence electrons. The molecule has 21 heavy (non-hydrogen) atoms. The van der Waals surface area contributed by atoms with E-state index in [1.807, 2.05) is 5.70 Å². The molecule has 0 unspecified atom stereocenters. The molecule has 0 rings (SSSR count). The Hall–Kier alpha value is 0.0138. The molecule has 0 atom stereocenters. The maximum atomic E-state index is 8.06. The Bertz CT molecular complexity index is 145. The van der Waals surface area contributed by atoms with Gasteiger partial charge >= 0.3 is 0 Å². The lowest BCUT2D eigenvalue weighted by atomic mass is 10.2. The lowest BCUT2D eigenvalue weighted by molar-refractivity contribution is 0.147. The van der Waals surface area contributed by atoms with Crippen molar-refractivity contribution >= 4 is 20.7 Å². The summed E-state index contributed by atoms with van der Waals surface area (Å²) in [4.78, 5) is 0. The first-order chi connectivity index (χ1) is 9.17. The highest BCUT2D eigenvalue weighted by Gasteiger charge is 2.03. The molecule has 0 aromatic rings. The van der Waals surface area contributed by atoms with Gasteiger partial charge in [-0.15, -0.1) is 12.3 Å². The quantitative estimate of drug-likeness (QED) is 0.568. The van der Waals surface area contributed by atoms with Crippen LogP contribution in [-0.2, 0) is 4.43 Å². The Morgan fingerprint density at radius 1 is 0.857 bits per heavy atom. The third-order valence-electron chi connectivity index (χ3n) is 0.612. The van der Waals surface area contributed by atoms with Crippen LogP contribution < -0.4 is 0 Å². The lowest BCUT2D eigenvalue weighted by Crippen LogP contribution is -2.16. The number of rotatable bonds is 0. The molecule has 0 aromatic carbocycles. The van der Waals surface area contributed by atoms with Gasteiger partial charge in [0.15, 0.2) is 0 Å². The third kappa shape index (κ3) is 715. The van der Waals surface area contributed by atoms with Gasteiger partial charge in [0, 0.05) is 34.2 Å². The zero-order valence-corrected chi connectivity index (χ0v) is 20.3. The van der Waals surface area contributed by atoms with Gasteiger partial charge in [-0.05, 0) is 62.3 Å². The second-order valence-electron chi connectivity index (χ2n) is 6.01. The van der Waals surface area contributed by atoms with Gasteiger partial charge in [-0.3, -0.25) is 0 Å². The highest BCUT2D eigenvalue weighted by molar-refractivity contribution is 6.16. The fourth-order valence-electron chi connectivity index (χ4n) is 0. The summed E-state index contributed by atoms with van der Waals surface area (Å²) in [6.45, 7) is 19.9. The van der Waals surface area contributed by atoms with Gasteiger partial charge in [-0.1, -0.05) is 0 Å². The number of hydrogen-bond donors (Lipinski definition) is 3. The predicted molar refractivity (Wildman–Crippen MR) is 103 cm³/mol. The largest absolute Gasteiger partial charge is 0.423 e. The molecule has 6 heteroatoms. The Labute approximate surface area is 139 Å². The molecule has 0 bridgehead atoms. The molecule has 0 aliphatic heterocycles. The molecule has 0 aromatic heterocycles. The van der Waals surface area contributed by atoms with Gasteiger partial charge in [0.1, 0.15) is 10.5 Å². The van der Waals surface area contributed by atoms with Crippen molar-refractivity contribution in [1.29, 1.82) is 0 Å². The van der Waals surface area contributed by atoms with Crippen molar-refractivity contribution in [3.05, 3.63) is 12.3 Å². The third-order valence-corrected chi connectivity index (χ3v) is 1.84. The Kier molecular flexibility index (Phi) is 39.1. The second kappa shape index (κ2) is 25.0. The van der Waals surface area contributed by atoms with Gasteiger partial charge in [-0.25, -0.2) is 0 Å². The monoisotopic (exact) mass is 342 g/mol. The SMILES string of the molecule is C=C[SiH3].CC(C)(C)O[SiH3].CC(C)O.CC(C)O.CC(C)O. The van der Waals surface area contributed by atoms with E-state index in [2.05, 4.69) is 27.4 Å². The maximum absolute atomic E-state index is 8.06. The molecule has 0 saturated carbocycles. The number of aliphatic hydroxyl groups excluding tert-OH is 3. The summed E-state index contributed by atoms with van der Waals surface area (Å²) in [5.74, 6) is 0. The van der Waals surface area contributed by atoms with E-state index in [9.17, 15) is 0 Å². The maximum Gasteiger partial charge on any atom is 0.146 e. The first kappa shape index (κ1) is 32.8. The van der Waals surface area contributed by atoms with Crippen molar-refractivity contribution in [3.63, 3.8) is 0 Å². The Morgan fingerprint density at radius 3 is 0.905 bits per heavy atom. The van der Waals surface area contributed by atoms with Crippen molar-refractivity contribution in [2.75, 3.05) is 0 Å². The van der Waals surface area contributed by atoms with Crippen LogP contribution in [0.1, 0.15) is 62.3 Å². The van der Waals surface area contributed by atoms with Gasteiger partial charge in [0.05, 0.1) is 0 Å². The summed E-state index contributed by atoms with van der Waals surface area (Å²) in [5.41, 5.74) is 1.99. The van der Waals surface area contributed by atoms with E-state index in [1.165, 1.54) is 0 Å². The van der Waals surface area contributed by atoms with Gasteiger partial charge in [0.2, 0.25) is 0 Å². The highest BCUT2D eigenvalue weighted by atomic mass is 28.2. The van der Waals surface area contributed by atoms with Gasteiger partial charge in [0.25, 0.3) is 0 Å². The zero-order chi connectivity index (χ0) is 18.6. The van der Waals surface area contributed by atoms with Crippen molar-refractivity contribution in [2.24, 2.45) is 0 Å². The molecular formula is C15H42O4Si2. The van der Waals surface area contributed by atoms with E-state index in [1.54, 1.807) is 41.5 Å². The van der Waals surface area contributed by atoms with Crippen LogP contribution in [0, 0.1) is 0 Å². The minimum atomic E-state index is -0.167. The Morgan fingerprint density at radius 2 is 0.905 bits per heavy atom. The van der Waals surface area contributed by atoms with Crippen LogP contribution in [0.2, 0.25) is 0 Å². The molecular weight excluding hydrogens is 300 g/mol. The van der Waals surface area contributed by atoms with Crippen molar-refractivity contribution in [3.8, 4) is 0 Å². The van der Waals surface area contributed by atoms with E-state index in [-0.39, 0.29) is 23.9 Å². The zero-order valence-electron chi connectivity index (χ0n) is 16.3. The summed E-state index contributed by atoms with van der Waals surface area (Å²) in [6, 6.07) is 0. The van der Waals surface area contributed by atoms with E-state index < -0.39 is 0 Å². The Balaban J connectivity index is -0.0000000519. The summed E-state index contributed by atoms with van der Waals surface area (Å²) < 4.78 is 5.08. The standard InChI is InChI=1S/C4H12OSi.3C3H8O.C2H6Si/c1-4(2,3)5-6;3*1-3(2)4;1-2-3/h1-3,6H3;3*3-4H,1-2H3;2H,1H2,3H3. The van der Waals surface area contributed by atoms with Crippen molar-refractivity contribution in [2.45, 2.75) is 86.2 Å². The van der Waals surface area contributed by atoms with E-state index in [0.29, 0.717) is 0 Å². The average Bonchev–Trinajstić information content (AvgIpc) is 2.14. The van der Waals surface area contributed by atoms with Crippen LogP contribution in [-0.4, -0.2) is 60.0 Å². The van der Waals surface area contributed by atoms with Crippen LogP contribution in [0.15, 0.2) is 12.3 Å². The minimum Gasteiger partial charge on any atom is -0.423 e. The second-order valence-corrected chi connectivity index (χ2v) is 7.23. The smallest absolute Gasteiger partial charge is 0.146 e. The summed E-state index contributed by atoms with van der Waals surface area (Å²) >= 11 is 0. The summed E-state index contributed by atoms with van der Waals surface area (Å²) in [6.07, 6.45) is -0.500. The van der Waals surface area contributed by atoms with E-state index in [0.717, 1.165) is 20.7 Å². The summed E-state index contributed by atoms with van der Waals surface area (Å²) in [7, 11) is 1.98. The van der Waals surface area contributed by atoms with E-state index >= 15 is 0 Å². The normalized spacial score (nSPS) is 9.48. The van der Waals surface area contributed by atoms with Crippen LogP contribution in [0.25, 0.3) is 0 Å². The molecule has 0 saturated heterocycles. The van der Waals surface area contributed by atoms with Crippen LogP contribution in [0.5, 0.6) is 0 Å². The molecule has 0 fully saturated rings. The van der Waals surface area contributed by atoms with Crippen LogP contribution in [0.4, 0.5) is 0 Å². The topological polar surface area (TPSA) is 69.9 Å². The number of hydrogen-bond acceptors (Lipinski definition) is 4. The van der Waals surface area contributed by atoms with E-state index in [4.69, 9.17) is 19.7 Å². The molecule has 0 amide bonds. The molecule has 3 N–H and O–H groups in total. The van der Waals surface area contributed by atoms with Gasteiger partial charge < -0.3 is 19.7 Å². The molecule has 0 spiro atoms. The first-order valence-electron chi connectivity index (χ1n) is 7.34. The molecule has 0 aliphatic carbocycles. The van der Waals surface area contributed by atoms with Crippen molar-refractivity contribution < 1.29 is 19.7 Å².